The SMILES string of the molecule is CC1(C)CCSCC1Nc1cccc(-n2ccnc2)c1. The molecule has 0 amide bonds. The van der Waals surface area contributed by atoms with E-state index < -0.39 is 0 Å². The van der Waals surface area contributed by atoms with Crippen LogP contribution in [0.1, 0.15) is 20.3 Å². The lowest BCUT2D eigenvalue weighted by atomic mass is 9.82. The molecule has 1 unspecified atom stereocenters. The molecule has 0 aliphatic carbocycles. The second kappa shape index (κ2) is 5.52. The summed E-state index contributed by atoms with van der Waals surface area (Å²) in [4.78, 5) is 4.11. The number of thioether (sulfide) groups is 1. The minimum atomic E-state index is 0.357. The molecule has 0 bridgehead atoms. The quantitative estimate of drug-likeness (QED) is 0.931. The summed E-state index contributed by atoms with van der Waals surface area (Å²) >= 11 is 2.05. The van der Waals surface area contributed by atoms with Crippen molar-refractivity contribution in [3.05, 3.63) is 43.0 Å². The summed E-state index contributed by atoms with van der Waals surface area (Å²) in [5.41, 5.74) is 2.70. The molecule has 2 heterocycles. The topological polar surface area (TPSA) is 29.9 Å². The predicted molar refractivity (Wildman–Crippen MR) is 86.7 cm³/mol. The fourth-order valence-electron chi connectivity index (χ4n) is 2.54. The molecule has 1 aromatic heterocycles. The molecule has 3 nitrogen and oxygen atoms in total. The summed E-state index contributed by atoms with van der Waals surface area (Å²) < 4.78 is 2.03. The molecular formula is C16H21N3S. The molecule has 2 aromatic rings. The van der Waals surface area contributed by atoms with Gasteiger partial charge in [0.05, 0.1) is 6.33 Å². The van der Waals surface area contributed by atoms with Gasteiger partial charge < -0.3 is 9.88 Å². The van der Waals surface area contributed by atoms with Crippen molar-refractivity contribution in [3.8, 4) is 5.69 Å². The van der Waals surface area contributed by atoms with Crippen LogP contribution in [0.15, 0.2) is 43.0 Å². The monoisotopic (exact) mass is 287 g/mol. The average molecular weight is 287 g/mol. The third kappa shape index (κ3) is 2.85. The molecular weight excluding hydrogens is 266 g/mol. The zero-order valence-electron chi connectivity index (χ0n) is 12.0. The van der Waals surface area contributed by atoms with E-state index in [0.29, 0.717) is 11.5 Å². The zero-order valence-corrected chi connectivity index (χ0v) is 12.9. The predicted octanol–water partition coefficient (Wildman–Crippen LogP) is 3.82. The van der Waals surface area contributed by atoms with Crippen molar-refractivity contribution in [3.63, 3.8) is 0 Å². The third-order valence-corrected chi connectivity index (χ3v) is 5.17. The van der Waals surface area contributed by atoms with Crippen LogP contribution in [0.5, 0.6) is 0 Å². The van der Waals surface area contributed by atoms with E-state index >= 15 is 0 Å². The van der Waals surface area contributed by atoms with Crippen LogP contribution in [0, 0.1) is 5.41 Å². The van der Waals surface area contributed by atoms with Gasteiger partial charge in [-0.3, -0.25) is 0 Å². The van der Waals surface area contributed by atoms with Gasteiger partial charge in [-0.05, 0) is 35.8 Å². The molecule has 1 aromatic carbocycles. The summed E-state index contributed by atoms with van der Waals surface area (Å²) in [6, 6.07) is 9.07. The summed E-state index contributed by atoms with van der Waals surface area (Å²) in [6.45, 7) is 4.73. The Bertz CT molecular complexity index is 563. The number of nitrogens with zero attached hydrogens (tertiary/aromatic N) is 2. The average Bonchev–Trinajstić information content (AvgIpc) is 2.96. The van der Waals surface area contributed by atoms with Crippen LogP contribution in [0.25, 0.3) is 5.69 Å². The van der Waals surface area contributed by atoms with E-state index in [-0.39, 0.29) is 0 Å². The molecule has 106 valence electrons. The number of nitrogens with one attached hydrogen (secondary N) is 1. The van der Waals surface area contributed by atoms with Crippen molar-refractivity contribution in [2.24, 2.45) is 5.41 Å². The van der Waals surface area contributed by atoms with Crippen LogP contribution in [-0.4, -0.2) is 27.1 Å². The van der Waals surface area contributed by atoms with Gasteiger partial charge in [-0.15, -0.1) is 0 Å². The normalized spacial score (nSPS) is 21.6. The summed E-state index contributed by atoms with van der Waals surface area (Å²) in [5, 5.41) is 3.72. The minimum Gasteiger partial charge on any atom is -0.381 e. The van der Waals surface area contributed by atoms with Crippen LogP contribution in [-0.2, 0) is 0 Å². The standard InChI is InChI=1S/C16H21N3S/c1-16(2)6-9-20-11-15(16)18-13-4-3-5-14(10-13)19-8-7-17-12-19/h3-5,7-8,10,12,15,18H,6,9,11H2,1-2H3. The van der Waals surface area contributed by atoms with Crippen molar-refractivity contribution in [2.75, 3.05) is 16.8 Å². The third-order valence-electron chi connectivity index (χ3n) is 4.11. The fourth-order valence-corrected chi connectivity index (χ4v) is 4.15. The number of rotatable bonds is 3. The number of benzene rings is 1. The Morgan fingerprint density at radius 2 is 2.30 bits per heavy atom. The van der Waals surface area contributed by atoms with Gasteiger partial charge in [-0.25, -0.2) is 4.98 Å². The molecule has 3 rings (SSSR count). The van der Waals surface area contributed by atoms with E-state index in [1.807, 2.05) is 28.9 Å². The Hall–Kier alpha value is -1.42. The van der Waals surface area contributed by atoms with E-state index in [2.05, 4.69) is 48.4 Å². The first-order valence-electron chi connectivity index (χ1n) is 7.08. The lowest BCUT2D eigenvalue weighted by molar-refractivity contribution is 0.305. The van der Waals surface area contributed by atoms with E-state index in [1.54, 1.807) is 6.20 Å². The van der Waals surface area contributed by atoms with Crippen molar-refractivity contribution in [1.29, 1.82) is 0 Å². The van der Waals surface area contributed by atoms with Gasteiger partial charge in [0.25, 0.3) is 0 Å². The molecule has 1 N–H and O–H groups in total. The van der Waals surface area contributed by atoms with Crippen molar-refractivity contribution in [1.82, 2.24) is 9.55 Å². The number of hydrogen-bond acceptors (Lipinski definition) is 3. The van der Waals surface area contributed by atoms with Gasteiger partial charge in [-0.2, -0.15) is 11.8 Å². The highest BCUT2D eigenvalue weighted by molar-refractivity contribution is 7.99. The van der Waals surface area contributed by atoms with Crippen LogP contribution in [0.3, 0.4) is 0 Å². The molecule has 1 aliphatic rings. The van der Waals surface area contributed by atoms with E-state index in [0.717, 1.165) is 5.69 Å². The first-order valence-corrected chi connectivity index (χ1v) is 8.23. The lowest BCUT2D eigenvalue weighted by Crippen LogP contribution is -2.41. The number of imidazole rings is 1. The number of anilines is 1. The fraction of sp³-hybridized carbons (Fsp3) is 0.438. The summed E-state index contributed by atoms with van der Waals surface area (Å²) in [5.74, 6) is 2.46. The van der Waals surface area contributed by atoms with Gasteiger partial charge >= 0.3 is 0 Å². The van der Waals surface area contributed by atoms with Crippen molar-refractivity contribution < 1.29 is 0 Å². The number of hydrogen-bond donors (Lipinski definition) is 1. The van der Waals surface area contributed by atoms with Crippen molar-refractivity contribution >= 4 is 17.4 Å². The van der Waals surface area contributed by atoms with E-state index in [9.17, 15) is 0 Å². The van der Waals surface area contributed by atoms with Gasteiger partial charge in [-0.1, -0.05) is 19.9 Å². The molecule has 0 radical (unpaired) electrons. The van der Waals surface area contributed by atoms with Gasteiger partial charge in [0.2, 0.25) is 0 Å². The lowest BCUT2D eigenvalue weighted by Gasteiger charge is -2.39. The highest BCUT2D eigenvalue weighted by Crippen LogP contribution is 2.36. The minimum absolute atomic E-state index is 0.357. The molecule has 1 aliphatic heterocycles. The maximum Gasteiger partial charge on any atom is 0.0991 e. The van der Waals surface area contributed by atoms with Crippen LogP contribution in [0.4, 0.5) is 5.69 Å². The maximum atomic E-state index is 4.11. The zero-order chi connectivity index (χ0) is 14.0. The Morgan fingerprint density at radius 1 is 1.40 bits per heavy atom. The van der Waals surface area contributed by atoms with Crippen LogP contribution >= 0.6 is 11.8 Å². The maximum absolute atomic E-state index is 4.11. The van der Waals surface area contributed by atoms with Crippen LogP contribution < -0.4 is 5.32 Å². The first-order chi connectivity index (χ1) is 9.65. The number of aromatic nitrogens is 2. The van der Waals surface area contributed by atoms with Crippen molar-refractivity contribution in [2.45, 2.75) is 26.3 Å². The summed E-state index contributed by atoms with van der Waals surface area (Å²) in [6.07, 6.45) is 6.89. The smallest absolute Gasteiger partial charge is 0.0991 e. The second-order valence-electron chi connectivity index (χ2n) is 6.03. The first kappa shape index (κ1) is 13.6. The largest absolute Gasteiger partial charge is 0.381 e. The molecule has 20 heavy (non-hydrogen) atoms. The Balaban J connectivity index is 1.79. The Labute approximate surface area is 124 Å². The highest BCUT2D eigenvalue weighted by atomic mass is 32.2. The Kier molecular flexibility index (Phi) is 3.74. The molecule has 1 fully saturated rings. The highest BCUT2D eigenvalue weighted by Gasteiger charge is 2.32. The molecule has 1 atom stereocenters. The van der Waals surface area contributed by atoms with Gasteiger partial charge in [0, 0.05) is 35.6 Å². The Morgan fingerprint density at radius 3 is 3.05 bits per heavy atom. The molecule has 0 spiro atoms. The molecule has 1 saturated heterocycles. The second-order valence-corrected chi connectivity index (χ2v) is 7.18. The van der Waals surface area contributed by atoms with E-state index in [1.165, 1.54) is 23.6 Å². The van der Waals surface area contributed by atoms with Gasteiger partial charge in [0.1, 0.15) is 0 Å². The molecule has 0 saturated carbocycles. The van der Waals surface area contributed by atoms with E-state index in [4.69, 9.17) is 0 Å². The molecule has 4 heteroatoms. The summed E-state index contributed by atoms with van der Waals surface area (Å²) in [7, 11) is 0. The van der Waals surface area contributed by atoms with Gasteiger partial charge in [0.15, 0.2) is 0 Å². The van der Waals surface area contributed by atoms with Crippen LogP contribution in [0.2, 0.25) is 0 Å².